The molecule has 0 amide bonds. The van der Waals surface area contributed by atoms with Gasteiger partial charge in [0.25, 0.3) is 0 Å². The molecule has 0 radical (unpaired) electrons. The summed E-state index contributed by atoms with van der Waals surface area (Å²) in [6, 6.07) is 13.3. The molecule has 0 aromatic heterocycles. The summed E-state index contributed by atoms with van der Waals surface area (Å²) in [6.07, 6.45) is 0. The number of fused-ring (bicyclic) bond motifs is 3. The number of thioether (sulfide) groups is 3. The van der Waals surface area contributed by atoms with Gasteiger partial charge in [0.1, 0.15) is 11.6 Å². The van der Waals surface area contributed by atoms with E-state index < -0.39 is 5.82 Å². The molecule has 0 fully saturated rings. The van der Waals surface area contributed by atoms with Gasteiger partial charge in [-0.05, 0) is 71.8 Å². The van der Waals surface area contributed by atoms with Crippen molar-refractivity contribution in [2.24, 2.45) is 0 Å². The van der Waals surface area contributed by atoms with Crippen molar-refractivity contribution in [3.05, 3.63) is 120 Å². The van der Waals surface area contributed by atoms with Crippen LogP contribution in [0.1, 0.15) is 42.2 Å². The van der Waals surface area contributed by atoms with Crippen LogP contribution in [0.15, 0.2) is 95.4 Å². The first-order chi connectivity index (χ1) is 20.6. The van der Waals surface area contributed by atoms with Gasteiger partial charge < -0.3 is 0 Å². The number of Topliss-reactive ketones (excluding diaryl/α,β-unsaturated/α-hetero) is 3. The Labute approximate surface area is 283 Å². The first-order valence-corrected chi connectivity index (χ1v) is 17.9. The molecule has 0 aliphatic carbocycles. The number of halogens is 5. The van der Waals surface area contributed by atoms with Crippen LogP contribution in [0.5, 0.6) is 0 Å². The van der Waals surface area contributed by atoms with E-state index in [0.29, 0.717) is 33.8 Å². The van der Waals surface area contributed by atoms with E-state index in [-0.39, 0.29) is 23.2 Å². The highest BCUT2D eigenvalue weighted by atomic mass is 79.9. The summed E-state index contributed by atoms with van der Waals surface area (Å²) in [6.45, 7) is 3.67. The molecule has 43 heavy (non-hydrogen) atoms. The standard InChI is InChI=1S/C11H8BrFOS.C11H9BrOS.C10H6ClFOS/c1-6-2-8-10(3-9(6)13)15-5-7(4-12)11(8)14;1-7-2-3-10-9(4-7)11(13)8(5-12)6-14-10;11-4-6-5-14-9-2-1-7(12)3-8(9)10(6)13/h2-4H,5H2,1H3;2-5H,6H2,1H3;1-4H,5H2/b7-4+;8-5+;6-4+. The lowest BCUT2D eigenvalue weighted by molar-refractivity contribution is 0.102. The molecule has 0 saturated carbocycles. The van der Waals surface area contributed by atoms with Crippen LogP contribution in [0.25, 0.3) is 0 Å². The van der Waals surface area contributed by atoms with E-state index in [2.05, 4.69) is 31.9 Å². The molecule has 3 aliphatic rings. The number of aryl methyl sites for hydroxylation is 2. The second-order valence-corrected chi connectivity index (χ2v) is 13.7. The molecule has 0 saturated heterocycles. The van der Waals surface area contributed by atoms with Crippen molar-refractivity contribution >= 4 is 96.1 Å². The number of benzene rings is 3. The smallest absolute Gasteiger partial charge is 0.191 e. The second-order valence-electron chi connectivity index (χ2n) is 9.49. The minimum atomic E-state index is -0.395. The number of hydrogen-bond acceptors (Lipinski definition) is 6. The van der Waals surface area contributed by atoms with E-state index in [1.165, 1.54) is 47.3 Å². The molecule has 6 rings (SSSR count). The van der Waals surface area contributed by atoms with Gasteiger partial charge in [0.05, 0.1) is 0 Å². The Morgan fingerprint density at radius 1 is 0.674 bits per heavy atom. The maximum Gasteiger partial charge on any atom is 0.191 e. The van der Waals surface area contributed by atoms with Crippen molar-refractivity contribution < 1.29 is 23.2 Å². The van der Waals surface area contributed by atoms with Gasteiger partial charge in [-0.3, -0.25) is 14.4 Å². The molecule has 3 aromatic carbocycles. The topological polar surface area (TPSA) is 51.2 Å². The van der Waals surface area contributed by atoms with Crippen LogP contribution < -0.4 is 0 Å². The van der Waals surface area contributed by atoms with Crippen molar-refractivity contribution in [1.82, 2.24) is 0 Å². The highest BCUT2D eigenvalue weighted by Crippen LogP contribution is 2.36. The van der Waals surface area contributed by atoms with Crippen molar-refractivity contribution in [1.29, 1.82) is 0 Å². The zero-order valence-corrected chi connectivity index (χ0v) is 29.2. The summed E-state index contributed by atoms with van der Waals surface area (Å²) in [7, 11) is 0. The van der Waals surface area contributed by atoms with Gasteiger partial charge in [-0.1, -0.05) is 55.1 Å². The fourth-order valence-corrected chi connectivity index (χ4v) is 8.59. The maximum atomic E-state index is 13.3. The summed E-state index contributed by atoms with van der Waals surface area (Å²) in [4.78, 5) is 41.5. The minimum Gasteiger partial charge on any atom is -0.289 e. The average Bonchev–Trinajstić information content (AvgIpc) is 3.00. The fraction of sp³-hybridized carbons (Fsp3) is 0.156. The van der Waals surface area contributed by atoms with Crippen molar-refractivity contribution in [3.63, 3.8) is 0 Å². The highest BCUT2D eigenvalue weighted by Gasteiger charge is 2.24. The fourth-order valence-electron chi connectivity index (χ4n) is 4.14. The molecular formula is C32H23Br2ClF2O3S3. The Kier molecular flexibility index (Phi) is 12.1. The SMILES string of the molecule is Cc1cc2c(cc1F)SC/C(=C\Br)C2=O.Cc1ccc2c(c1)C(=O)/C(=C/Br)CS2.O=C1/C(=C/Cl)CSc2ccc(F)cc21. The molecule has 11 heteroatoms. The molecule has 0 atom stereocenters. The molecule has 0 spiro atoms. The Balaban J connectivity index is 0.000000148. The van der Waals surface area contributed by atoms with Crippen molar-refractivity contribution in [2.45, 2.75) is 28.5 Å². The molecule has 3 nitrogen and oxygen atoms in total. The van der Waals surface area contributed by atoms with Gasteiger partial charge in [0.15, 0.2) is 17.3 Å². The molecule has 0 unspecified atom stereocenters. The van der Waals surface area contributed by atoms with Gasteiger partial charge in [-0.25, -0.2) is 8.78 Å². The normalized spacial score (nSPS) is 18.3. The molecule has 0 bridgehead atoms. The molecular weight excluding hydrogens is 762 g/mol. The quantitative estimate of drug-likeness (QED) is 0.212. The third-order valence-electron chi connectivity index (χ3n) is 6.49. The average molecular weight is 785 g/mol. The number of rotatable bonds is 0. The zero-order chi connectivity index (χ0) is 31.3. The van der Waals surface area contributed by atoms with Crippen LogP contribution in [-0.2, 0) is 0 Å². The summed E-state index contributed by atoms with van der Waals surface area (Å²) in [5.41, 5.74) is 6.85. The largest absolute Gasteiger partial charge is 0.289 e. The lowest BCUT2D eigenvalue weighted by Crippen LogP contribution is -2.12. The predicted molar refractivity (Wildman–Crippen MR) is 182 cm³/mol. The van der Waals surface area contributed by atoms with Gasteiger partial charge in [-0.15, -0.1) is 35.3 Å². The summed E-state index contributed by atoms with van der Waals surface area (Å²) in [5.74, 6) is 1.24. The predicted octanol–water partition coefficient (Wildman–Crippen LogP) is 10.5. The van der Waals surface area contributed by atoms with Crippen LogP contribution in [0, 0.1) is 25.5 Å². The van der Waals surface area contributed by atoms with Crippen LogP contribution in [0.2, 0.25) is 0 Å². The molecule has 0 N–H and O–H groups in total. The second kappa shape index (κ2) is 15.4. The monoisotopic (exact) mass is 782 g/mol. The Morgan fingerprint density at radius 2 is 1.16 bits per heavy atom. The van der Waals surface area contributed by atoms with Crippen LogP contribution in [-0.4, -0.2) is 34.6 Å². The van der Waals surface area contributed by atoms with E-state index >= 15 is 0 Å². The Morgan fingerprint density at radius 3 is 1.74 bits per heavy atom. The minimum absolute atomic E-state index is 0.0104. The first kappa shape index (κ1) is 33.9. The van der Waals surface area contributed by atoms with Crippen molar-refractivity contribution in [2.75, 3.05) is 17.3 Å². The molecule has 3 heterocycles. The van der Waals surface area contributed by atoms with E-state index in [0.717, 1.165) is 42.7 Å². The van der Waals surface area contributed by atoms with E-state index in [1.54, 1.807) is 40.8 Å². The molecule has 3 aliphatic heterocycles. The van der Waals surface area contributed by atoms with Gasteiger partial charge in [0, 0.05) is 70.9 Å². The van der Waals surface area contributed by atoms with Gasteiger partial charge in [-0.2, -0.15) is 0 Å². The number of carbonyl (C=O) groups is 3. The third-order valence-corrected chi connectivity index (χ3v) is 11.2. The molecule has 222 valence electrons. The Bertz CT molecular complexity index is 1640. The third kappa shape index (κ3) is 8.02. The van der Waals surface area contributed by atoms with Crippen molar-refractivity contribution in [3.8, 4) is 0 Å². The van der Waals surface area contributed by atoms with E-state index in [9.17, 15) is 23.2 Å². The summed E-state index contributed by atoms with van der Waals surface area (Å²) >= 11 is 16.6. The first-order valence-electron chi connectivity index (χ1n) is 12.7. The lowest BCUT2D eigenvalue weighted by Gasteiger charge is -2.17. The summed E-state index contributed by atoms with van der Waals surface area (Å²) in [5, 5.41) is 0. The lowest BCUT2D eigenvalue weighted by atomic mass is 10.0. The number of hydrogen-bond donors (Lipinski definition) is 0. The maximum absolute atomic E-state index is 13.3. The van der Waals surface area contributed by atoms with Crippen LogP contribution >= 0.6 is 78.7 Å². The summed E-state index contributed by atoms with van der Waals surface area (Å²) < 4.78 is 26.1. The van der Waals surface area contributed by atoms with E-state index in [4.69, 9.17) is 11.6 Å². The van der Waals surface area contributed by atoms with Crippen LogP contribution in [0.4, 0.5) is 8.78 Å². The van der Waals surface area contributed by atoms with E-state index in [1.807, 2.05) is 25.1 Å². The van der Waals surface area contributed by atoms with Gasteiger partial charge >= 0.3 is 0 Å². The Hall–Kier alpha value is -1.95. The highest BCUT2D eigenvalue weighted by molar-refractivity contribution is 9.11. The zero-order valence-electron chi connectivity index (χ0n) is 22.8. The molecule has 3 aromatic rings. The number of carbonyl (C=O) groups excluding carboxylic acids is 3. The van der Waals surface area contributed by atoms with Gasteiger partial charge in [0.2, 0.25) is 0 Å². The van der Waals surface area contributed by atoms with Crippen LogP contribution in [0.3, 0.4) is 0 Å². The number of ketones is 3.